The number of H-pyrrole nitrogens is 1. The first-order chi connectivity index (χ1) is 13.7. The fourth-order valence-electron chi connectivity index (χ4n) is 3.83. The van der Waals surface area contributed by atoms with E-state index in [0.717, 1.165) is 38.9 Å². The Hall–Kier alpha value is -3.80. The minimum Gasteiger partial charge on any atom is -0.503 e. The molecule has 0 fully saturated rings. The molecule has 3 aromatic heterocycles. The topological polar surface area (TPSA) is 87.0 Å². The SMILES string of the molecule is CCc1c(O)c(O)n(-c2ccc3nc[nH]c3c2)c1-c1ccnc2ccccc12. The maximum absolute atomic E-state index is 10.8. The van der Waals surface area contributed by atoms with Crippen LogP contribution in [0.5, 0.6) is 11.6 Å². The second kappa shape index (κ2) is 6.13. The predicted octanol–water partition coefficient (Wildman–Crippen LogP) is 4.54. The molecule has 0 saturated carbocycles. The van der Waals surface area contributed by atoms with Crippen LogP contribution in [0.4, 0.5) is 0 Å². The molecule has 0 unspecified atom stereocenters. The number of pyridine rings is 1. The molecule has 0 atom stereocenters. The molecule has 6 heteroatoms. The van der Waals surface area contributed by atoms with Gasteiger partial charge in [0.1, 0.15) is 0 Å². The molecule has 5 rings (SSSR count). The highest BCUT2D eigenvalue weighted by molar-refractivity contribution is 5.95. The number of hydrogen-bond donors (Lipinski definition) is 3. The predicted molar refractivity (Wildman–Crippen MR) is 109 cm³/mol. The van der Waals surface area contributed by atoms with Gasteiger partial charge in [-0.1, -0.05) is 25.1 Å². The summed E-state index contributed by atoms with van der Waals surface area (Å²) in [5.74, 6) is -0.269. The zero-order valence-electron chi connectivity index (χ0n) is 15.2. The van der Waals surface area contributed by atoms with Gasteiger partial charge in [-0.05, 0) is 36.8 Å². The summed E-state index contributed by atoms with van der Waals surface area (Å²) in [6.45, 7) is 1.96. The summed E-state index contributed by atoms with van der Waals surface area (Å²) in [7, 11) is 0. The Bertz CT molecular complexity index is 1330. The van der Waals surface area contributed by atoms with E-state index in [1.807, 2.05) is 55.5 Å². The van der Waals surface area contributed by atoms with Crippen LogP contribution in [0.1, 0.15) is 12.5 Å². The Morgan fingerprint density at radius 1 is 1.00 bits per heavy atom. The second-order valence-electron chi connectivity index (χ2n) is 6.67. The van der Waals surface area contributed by atoms with Crippen molar-refractivity contribution < 1.29 is 10.2 Å². The van der Waals surface area contributed by atoms with Crippen molar-refractivity contribution in [3.63, 3.8) is 0 Å². The lowest BCUT2D eigenvalue weighted by molar-refractivity contribution is 0.385. The van der Waals surface area contributed by atoms with Crippen molar-refractivity contribution in [2.75, 3.05) is 0 Å². The van der Waals surface area contributed by atoms with Crippen LogP contribution in [-0.2, 0) is 6.42 Å². The Morgan fingerprint density at radius 3 is 2.71 bits per heavy atom. The van der Waals surface area contributed by atoms with Crippen LogP contribution in [0.25, 0.3) is 38.9 Å². The molecule has 28 heavy (non-hydrogen) atoms. The van der Waals surface area contributed by atoms with Crippen molar-refractivity contribution in [1.29, 1.82) is 0 Å². The molecule has 3 heterocycles. The van der Waals surface area contributed by atoms with E-state index in [0.29, 0.717) is 12.0 Å². The van der Waals surface area contributed by atoms with E-state index in [-0.39, 0.29) is 11.6 Å². The van der Waals surface area contributed by atoms with Gasteiger partial charge in [-0.2, -0.15) is 0 Å². The molecule has 2 aromatic carbocycles. The quantitative estimate of drug-likeness (QED) is 0.435. The average molecular weight is 370 g/mol. The van der Waals surface area contributed by atoms with Crippen molar-refractivity contribution in [2.24, 2.45) is 0 Å². The minimum absolute atomic E-state index is 0.0944. The van der Waals surface area contributed by atoms with E-state index in [1.54, 1.807) is 17.1 Å². The van der Waals surface area contributed by atoms with Crippen molar-refractivity contribution in [2.45, 2.75) is 13.3 Å². The summed E-state index contributed by atoms with van der Waals surface area (Å²) >= 11 is 0. The summed E-state index contributed by atoms with van der Waals surface area (Å²) in [5.41, 5.74) is 5.65. The lowest BCUT2D eigenvalue weighted by Gasteiger charge is -2.14. The smallest absolute Gasteiger partial charge is 0.240 e. The van der Waals surface area contributed by atoms with E-state index in [2.05, 4.69) is 15.0 Å². The molecule has 3 N–H and O–H groups in total. The number of para-hydroxylation sites is 1. The highest BCUT2D eigenvalue weighted by Crippen LogP contribution is 2.44. The van der Waals surface area contributed by atoms with Crippen molar-refractivity contribution in [3.05, 3.63) is 66.6 Å². The second-order valence-corrected chi connectivity index (χ2v) is 6.67. The Morgan fingerprint density at radius 2 is 1.86 bits per heavy atom. The third-order valence-corrected chi connectivity index (χ3v) is 5.14. The number of aromatic nitrogens is 4. The van der Waals surface area contributed by atoms with Gasteiger partial charge < -0.3 is 15.2 Å². The van der Waals surface area contributed by atoms with Gasteiger partial charge in [-0.3, -0.25) is 9.55 Å². The van der Waals surface area contributed by atoms with E-state index < -0.39 is 0 Å². The van der Waals surface area contributed by atoms with E-state index in [4.69, 9.17) is 0 Å². The van der Waals surface area contributed by atoms with Crippen LogP contribution in [0.15, 0.2) is 61.1 Å². The molecule has 6 nitrogen and oxygen atoms in total. The van der Waals surface area contributed by atoms with Gasteiger partial charge in [0.05, 0.1) is 34.3 Å². The lowest BCUT2D eigenvalue weighted by Crippen LogP contribution is -1.99. The number of imidazole rings is 1. The molecule has 0 spiro atoms. The van der Waals surface area contributed by atoms with E-state index >= 15 is 0 Å². The molecule has 0 aliphatic carbocycles. The number of nitrogens with one attached hydrogen (secondary N) is 1. The number of rotatable bonds is 3. The third-order valence-electron chi connectivity index (χ3n) is 5.14. The van der Waals surface area contributed by atoms with Crippen molar-refractivity contribution >= 4 is 21.9 Å². The molecule has 138 valence electrons. The first kappa shape index (κ1) is 16.4. The fourth-order valence-corrected chi connectivity index (χ4v) is 3.83. The average Bonchev–Trinajstić information content (AvgIpc) is 3.29. The summed E-state index contributed by atoms with van der Waals surface area (Å²) in [6, 6.07) is 15.5. The summed E-state index contributed by atoms with van der Waals surface area (Å²) in [5, 5.41) is 22.4. The summed E-state index contributed by atoms with van der Waals surface area (Å²) in [4.78, 5) is 11.8. The highest BCUT2D eigenvalue weighted by Gasteiger charge is 2.24. The normalized spacial score (nSPS) is 11.5. The zero-order valence-corrected chi connectivity index (χ0v) is 15.2. The summed E-state index contributed by atoms with van der Waals surface area (Å²) < 4.78 is 1.69. The van der Waals surface area contributed by atoms with E-state index in [1.165, 1.54) is 0 Å². The van der Waals surface area contributed by atoms with Crippen molar-refractivity contribution in [3.8, 4) is 28.6 Å². The zero-order chi connectivity index (χ0) is 19.3. The van der Waals surface area contributed by atoms with Gasteiger partial charge in [-0.15, -0.1) is 0 Å². The van der Waals surface area contributed by atoms with Crippen LogP contribution in [0.2, 0.25) is 0 Å². The minimum atomic E-state index is -0.174. The van der Waals surface area contributed by atoms with Gasteiger partial charge in [0.15, 0.2) is 5.75 Å². The monoisotopic (exact) mass is 370 g/mol. The largest absolute Gasteiger partial charge is 0.503 e. The molecule has 0 aliphatic rings. The van der Waals surface area contributed by atoms with E-state index in [9.17, 15) is 10.2 Å². The standard InChI is InChI=1S/C22H18N4O2/c1-2-14-20(16-9-10-23-17-6-4-3-5-15(16)17)26(22(28)21(14)27)13-7-8-18-19(11-13)25-12-24-18/h3-12,27-28H,2H2,1H3,(H,24,25). The van der Waals surface area contributed by atoms with Crippen LogP contribution in [0, 0.1) is 0 Å². The Kier molecular flexibility index (Phi) is 3.58. The molecule has 5 aromatic rings. The number of nitrogens with zero attached hydrogens (tertiary/aromatic N) is 3. The van der Waals surface area contributed by atoms with Gasteiger partial charge in [0, 0.05) is 22.7 Å². The first-order valence-electron chi connectivity index (χ1n) is 9.12. The maximum Gasteiger partial charge on any atom is 0.240 e. The van der Waals surface area contributed by atoms with Gasteiger partial charge in [0.2, 0.25) is 5.88 Å². The molecule has 0 aliphatic heterocycles. The van der Waals surface area contributed by atoms with Gasteiger partial charge in [-0.25, -0.2) is 4.98 Å². The van der Waals surface area contributed by atoms with Crippen LogP contribution in [-0.4, -0.2) is 29.7 Å². The molecule has 0 bridgehead atoms. The number of aromatic amines is 1. The fraction of sp³-hybridized carbons (Fsp3) is 0.0909. The van der Waals surface area contributed by atoms with Gasteiger partial charge >= 0.3 is 0 Å². The number of fused-ring (bicyclic) bond motifs is 2. The molecular formula is C22H18N4O2. The molecule has 0 saturated heterocycles. The highest BCUT2D eigenvalue weighted by atomic mass is 16.3. The van der Waals surface area contributed by atoms with Crippen molar-refractivity contribution in [1.82, 2.24) is 19.5 Å². The number of hydrogen-bond acceptors (Lipinski definition) is 4. The van der Waals surface area contributed by atoms with Crippen LogP contribution < -0.4 is 0 Å². The lowest BCUT2D eigenvalue weighted by atomic mass is 10.0. The number of benzene rings is 2. The van der Waals surface area contributed by atoms with Crippen LogP contribution in [0.3, 0.4) is 0 Å². The molecule has 0 amide bonds. The third kappa shape index (κ3) is 2.28. The Labute approximate surface area is 160 Å². The maximum atomic E-state index is 10.8. The first-order valence-corrected chi connectivity index (χ1v) is 9.12. The molecular weight excluding hydrogens is 352 g/mol. The molecule has 0 radical (unpaired) electrons. The Balaban J connectivity index is 1.88. The van der Waals surface area contributed by atoms with Crippen LogP contribution >= 0.6 is 0 Å². The summed E-state index contributed by atoms with van der Waals surface area (Å²) in [6.07, 6.45) is 3.96. The number of aromatic hydroxyl groups is 2. The van der Waals surface area contributed by atoms with Gasteiger partial charge in [0.25, 0.3) is 0 Å².